The Bertz CT molecular complexity index is 584. The number of furan rings is 1. The highest BCUT2D eigenvalue weighted by Gasteiger charge is 2.36. The summed E-state index contributed by atoms with van der Waals surface area (Å²) in [5.74, 6) is 5.87. The van der Waals surface area contributed by atoms with Crippen molar-refractivity contribution in [2.75, 3.05) is 6.61 Å². The number of rotatable bonds is 6. The average Bonchev–Trinajstić information content (AvgIpc) is 2.85. The number of hydrogen-bond donors (Lipinski definition) is 2. The van der Waals surface area contributed by atoms with Gasteiger partial charge in [0.1, 0.15) is 11.8 Å². The lowest BCUT2D eigenvalue weighted by atomic mass is 9.91. The molecule has 0 bridgehead atoms. The van der Waals surface area contributed by atoms with Crippen molar-refractivity contribution >= 4 is 11.0 Å². The zero-order valence-corrected chi connectivity index (χ0v) is 12.1. The van der Waals surface area contributed by atoms with Gasteiger partial charge in [0.2, 0.25) is 0 Å². The Kier molecular flexibility index (Phi) is 4.42. The zero-order valence-electron chi connectivity index (χ0n) is 12.1. The van der Waals surface area contributed by atoms with Crippen molar-refractivity contribution in [2.24, 2.45) is 5.84 Å². The molecule has 0 radical (unpaired) electrons. The van der Waals surface area contributed by atoms with Crippen LogP contribution in [0.1, 0.15) is 39.0 Å². The van der Waals surface area contributed by atoms with Crippen LogP contribution >= 0.6 is 0 Å². The van der Waals surface area contributed by atoms with Crippen molar-refractivity contribution in [1.82, 2.24) is 5.43 Å². The van der Waals surface area contributed by atoms with E-state index in [1.807, 2.05) is 26.8 Å². The topological polar surface area (TPSA) is 60.4 Å². The smallest absolute Gasteiger partial charge is 0.169 e. The number of fused-ring (bicyclic) bond motifs is 1. The van der Waals surface area contributed by atoms with E-state index in [0.717, 1.165) is 11.8 Å². The molecule has 0 spiro atoms. The summed E-state index contributed by atoms with van der Waals surface area (Å²) in [6.07, 6.45) is 0.745. The fourth-order valence-electron chi connectivity index (χ4n) is 2.47. The zero-order chi connectivity index (χ0) is 14.8. The summed E-state index contributed by atoms with van der Waals surface area (Å²) in [5.41, 5.74) is 2.46. The van der Waals surface area contributed by atoms with Crippen LogP contribution in [0.4, 0.5) is 4.39 Å². The van der Waals surface area contributed by atoms with Crippen molar-refractivity contribution in [1.29, 1.82) is 0 Å². The summed E-state index contributed by atoms with van der Waals surface area (Å²) in [6.45, 7) is 6.48. The van der Waals surface area contributed by atoms with Crippen LogP contribution in [0.5, 0.6) is 0 Å². The predicted octanol–water partition coefficient (Wildman–Crippen LogP) is 3.28. The molecule has 1 aromatic heterocycles. The third kappa shape index (κ3) is 2.57. The van der Waals surface area contributed by atoms with Crippen LogP contribution in [0.2, 0.25) is 0 Å². The van der Waals surface area contributed by atoms with Crippen molar-refractivity contribution in [2.45, 2.75) is 38.8 Å². The Hall–Kier alpha value is -1.43. The maximum Gasteiger partial charge on any atom is 0.169 e. The van der Waals surface area contributed by atoms with Gasteiger partial charge in [-0.1, -0.05) is 19.1 Å². The SMILES string of the molecule is CCOC(C)(CC)C(NN)c1cc2cccc(F)c2o1. The second-order valence-corrected chi connectivity index (χ2v) is 5.01. The molecular weight excluding hydrogens is 259 g/mol. The van der Waals surface area contributed by atoms with Gasteiger partial charge in [0.25, 0.3) is 0 Å². The van der Waals surface area contributed by atoms with Gasteiger partial charge in [0.05, 0.1) is 5.60 Å². The molecule has 0 aliphatic heterocycles. The van der Waals surface area contributed by atoms with Crippen LogP contribution < -0.4 is 11.3 Å². The van der Waals surface area contributed by atoms with E-state index in [1.165, 1.54) is 6.07 Å². The van der Waals surface area contributed by atoms with Gasteiger partial charge in [-0.3, -0.25) is 5.84 Å². The summed E-state index contributed by atoms with van der Waals surface area (Å²) in [4.78, 5) is 0. The molecule has 1 aromatic carbocycles. The summed E-state index contributed by atoms with van der Waals surface area (Å²) < 4.78 is 25.2. The molecule has 0 saturated heterocycles. The third-order valence-electron chi connectivity index (χ3n) is 3.75. The predicted molar refractivity (Wildman–Crippen MR) is 76.6 cm³/mol. The molecule has 3 N–H and O–H groups in total. The molecule has 110 valence electrons. The van der Waals surface area contributed by atoms with Gasteiger partial charge in [-0.2, -0.15) is 0 Å². The lowest BCUT2D eigenvalue weighted by molar-refractivity contribution is -0.0606. The van der Waals surface area contributed by atoms with Crippen molar-refractivity contribution < 1.29 is 13.5 Å². The number of para-hydroxylation sites is 1. The van der Waals surface area contributed by atoms with E-state index in [-0.39, 0.29) is 17.4 Å². The van der Waals surface area contributed by atoms with Crippen LogP contribution in [0.3, 0.4) is 0 Å². The Morgan fingerprint density at radius 2 is 2.20 bits per heavy atom. The molecule has 0 aliphatic rings. The maximum atomic E-state index is 13.7. The summed E-state index contributed by atoms with van der Waals surface area (Å²) >= 11 is 0. The molecule has 2 unspecified atom stereocenters. The first kappa shape index (κ1) is 15.0. The number of halogens is 1. The first-order valence-corrected chi connectivity index (χ1v) is 6.83. The molecule has 0 aliphatic carbocycles. The van der Waals surface area contributed by atoms with Crippen LogP contribution in [-0.4, -0.2) is 12.2 Å². The lowest BCUT2D eigenvalue weighted by Crippen LogP contribution is -2.46. The van der Waals surface area contributed by atoms with E-state index in [2.05, 4.69) is 5.43 Å². The number of nitrogens with one attached hydrogen (secondary N) is 1. The molecular formula is C15H21FN2O2. The minimum atomic E-state index is -0.520. The number of hydrogen-bond acceptors (Lipinski definition) is 4. The molecule has 5 heteroatoms. The number of ether oxygens (including phenoxy) is 1. The van der Waals surface area contributed by atoms with E-state index < -0.39 is 5.60 Å². The molecule has 4 nitrogen and oxygen atoms in total. The van der Waals surface area contributed by atoms with Crippen molar-refractivity contribution in [3.8, 4) is 0 Å². The number of benzene rings is 1. The molecule has 2 atom stereocenters. The largest absolute Gasteiger partial charge is 0.456 e. The van der Waals surface area contributed by atoms with E-state index >= 15 is 0 Å². The Balaban J connectivity index is 2.46. The maximum absolute atomic E-state index is 13.7. The molecule has 0 amide bonds. The number of nitrogens with two attached hydrogens (primary N) is 1. The van der Waals surface area contributed by atoms with E-state index in [9.17, 15) is 4.39 Å². The monoisotopic (exact) mass is 280 g/mol. The van der Waals surface area contributed by atoms with Crippen molar-refractivity contribution in [3.05, 3.63) is 35.8 Å². The second-order valence-electron chi connectivity index (χ2n) is 5.01. The second kappa shape index (κ2) is 5.91. The number of hydrazine groups is 1. The highest BCUT2D eigenvalue weighted by molar-refractivity contribution is 5.78. The first-order valence-electron chi connectivity index (χ1n) is 6.83. The fraction of sp³-hybridized carbons (Fsp3) is 0.467. The van der Waals surface area contributed by atoms with Gasteiger partial charge in [-0.25, -0.2) is 9.82 Å². The quantitative estimate of drug-likeness (QED) is 0.629. The van der Waals surface area contributed by atoms with Crippen LogP contribution in [-0.2, 0) is 4.74 Å². The van der Waals surface area contributed by atoms with E-state index in [4.69, 9.17) is 15.0 Å². The van der Waals surface area contributed by atoms with Gasteiger partial charge in [0, 0.05) is 12.0 Å². The molecule has 20 heavy (non-hydrogen) atoms. The Morgan fingerprint density at radius 1 is 1.45 bits per heavy atom. The molecule has 0 fully saturated rings. The summed E-state index contributed by atoms with van der Waals surface area (Å²) in [5, 5.41) is 0.718. The fourth-order valence-corrected chi connectivity index (χ4v) is 2.47. The standard InChI is InChI=1S/C15H21FN2O2/c1-4-15(3,19-5-2)14(18-17)12-9-10-7-6-8-11(16)13(10)20-12/h6-9,14,18H,4-5,17H2,1-3H3. The minimum Gasteiger partial charge on any atom is -0.456 e. The van der Waals surface area contributed by atoms with Crippen LogP contribution in [0.25, 0.3) is 11.0 Å². The first-order chi connectivity index (χ1) is 9.55. The van der Waals surface area contributed by atoms with Gasteiger partial charge in [-0.05, 0) is 32.4 Å². The lowest BCUT2D eigenvalue weighted by Gasteiger charge is -2.35. The van der Waals surface area contributed by atoms with Gasteiger partial charge in [0.15, 0.2) is 11.4 Å². The molecule has 0 saturated carbocycles. The third-order valence-corrected chi connectivity index (χ3v) is 3.75. The van der Waals surface area contributed by atoms with Gasteiger partial charge >= 0.3 is 0 Å². The molecule has 1 heterocycles. The highest BCUT2D eigenvalue weighted by Crippen LogP contribution is 2.35. The summed E-state index contributed by atoms with van der Waals surface area (Å²) in [6, 6.07) is 6.30. The van der Waals surface area contributed by atoms with Gasteiger partial charge < -0.3 is 9.15 Å². The minimum absolute atomic E-state index is 0.248. The Morgan fingerprint density at radius 3 is 2.75 bits per heavy atom. The molecule has 2 aromatic rings. The highest BCUT2D eigenvalue weighted by atomic mass is 19.1. The average molecular weight is 280 g/mol. The van der Waals surface area contributed by atoms with Crippen LogP contribution in [0, 0.1) is 5.82 Å². The Labute approximate surface area is 118 Å². The normalized spacial score (nSPS) is 16.2. The van der Waals surface area contributed by atoms with E-state index in [0.29, 0.717) is 12.4 Å². The molecule has 2 rings (SSSR count). The van der Waals surface area contributed by atoms with Crippen LogP contribution in [0.15, 0.2) is 28.7 Å². The van der Waals surface area contributed by atoms with Crippen molar-refractivity contribution in [3.63, 3.8) is 0 Å². The van der Waals surface area contributed by atoms with Gasteiger partial charge in [-0.15, -0.1) is 0 Å². The summed E-state index contributed by atoms with van der Waals surface area (Å²) in [7, 11) is 0. The van der Waals surface area contributed by atoms with E-state index in [1.54, 1.807) is 12.1 Å².